The number of carbonyl (C=O) groups excluding carboxylic acids is 1. The van der Waals surface area contributed by atoms with Gasteiger partial charge in [-0.15, -0.1) is 0 Å². The molecular formula is C19H19Cl2F3N2O3S. The first-order valence-corrected chi connectivity index (χ1v) is 11.1. The van der Waals surface area contributed by atoms with Crippen molar-refractivity contribution in [2.24, 2.45) is 0 Å². The molecule has 0 fully saturated rings. The van der Waals surface area contributed by atoms with Gasteiger partial charge in [-0.05, 0) is 42.9 Å². The number of hydrogen-bond acceptors (Lipinski definition) is 4. The molecule has 164 valence electrons. The van der Waals surface area contributed by atoms with E-state index in [0.29, 0.717) is 6.54 Å². The molecule has 0 atom stereocenters. The smallest absolute Gasteiger partial charge is 0.343 e. The van der Waals surface area contributed by atoms with Crippen molar-refractivity contribution in [1.29, 1.82) is 0 Å². The van der Waals surface area contributed by atoms with Crippen molar-refractivity contribution in [2.75, 3.05) is 25.9 Å². The Kier molecular flexibility index (Phi) is 8.15. The maximum absolute atomic E-state index is 12.5. The summed E-state index contributed by atoms with van der Waals surface area (Å²) < 4.78 is 61.5. The lowest BCUT2D eigenvalue weighted by Gasteiger charge is -2.17. The zero-order valence-electron chi connectivity index (χ0n) is 15.8. The van der Waals surface area contributed by atoms with Crippen LogP contribution in [0.1, 0.15) is 15.9 Å². The zero-order chi connectivity index (χ0) is 22.5. The fourth-order valence-corrected chi connectivity index (χ4v) is 4.69. The van der Waals surface area contributed by atoms with Crippen LogP contribution in [-0.2, 0) is 16.4 Å². The highest BCUT2D eigenvalue weighted by atomic mass is 35.5. The standard InChI is InChI=1S/C19H19Cl2F3N2O3S/c1-26(8-9-30(28,29)17-10-15(20)6-7-16(17)21)11-13-2-4-14(5-3-13)18(27)25-12-19(22,23)24/h2-7,10H,8-9,11-12H2,1H3,(H,25,27). The molecule has 0 saturated heterocycles. The third-order valence-corrected chi connectivity index (χ3v) is 6.49. The predicted molar refractivity (Wildman–Crippen MR) is 110 cm³/mol. The van der Waals surface area contributed by atoms with Crippen LogP contribution < -0.4 is 5.32 Å². The minimum atomic E-state index is -4.48. The molecule has 2 aromatic rings. The Morgan fingerprint density at radius 3 is 2.33 bits per heavy atom. The molecule has 0 bridgehead atoms. The number of amides is 1. The van der Waals surface area contributed by atoms with Gasteiger partial charge in [-0.25, -0.2) is 8.42 Å². The predicted octanol–water partition coefficient (Wildman–Crippen LogP) is 4.19. The minimum Gasteiger partial charge on any atom is -0.343 e. The molecule has 0 saturated carbocycles. The third kappa shape index (κ3) is 7.46. The Hall–Kier alpha value is -1.81. The summed E-state index contributed by atoms with van der Waals surface area (Å²) in [5.74, 6) is -1.00. The molecule has 1 N–H and O–H groups in total. The second-order valence-electron chi connectivity index (χ2n) is 6.63. The molecule has 0 aromatic heterocycles. The first kappa shape index (κ1) is 24.5. The van der Waals surface area contributed by atoms with Crippen LogP contribution in [0.3, 0.4) is 0 Å². The summed E-state index contributed by atoms with van der Waals surface area (Å²) in [6.45, 7) is -0.816. The van der Waals surface area contributed by atoms with Crippen LogP contribution in [0.5, 0.6) is 0 Å². The third-order valence-electron chi connectivity index (χ3n) is 4.09. The molecule has 0 unspecified atom stereocenters. The summed E-state index contributed by atoms with van der Waals surface area (Å²) in [6, 6.07) is 10.3. The largest absolute Gasteiger partial charge is 0.405 e. The van der Waals surface area contributed by atoms with E-state index in [2.05, 4.69) is 0 Å². The van der Waals surface area contributed by atoms with E-state index in [4.69, 9.17) is 23.2 Å². The normalized spacial score (nSPS) is 12.2. The van der Waals surface area contributed by atoms with E-state index < -0.39 is 28.5 Å². The Morgan fingerprint density at radius 2 is 1.73 bits per heavy atom. The van der Waals surface area contributed by atoms with Gasteiger partial charge in [0.05, 0.1) is 15.7 Å². The van der Waals surface area contributed by atoms with Crippen molar-refractivity contribution in [2.45, 2.75) is 17.6 Å². The fraction of sp³-hybridized carbons (Fsp3) is 0.316. The maximum atomic E-state index is 12.5. The number of carbonyl (C=O) groups is 1. The highest BCUT2D eigenvalue weighted by molar-refractivity contribution is 7.91. The van der Waals surface area contributed by atoms with Gasteiger partial charge >= 0.3 is 6.18 Å². The van der Waals surface area contributed by atoms with Gasteiger partial charge < -0.3 is 10.2 Å². The van der Waals surface area contributed by atoms with Crippen LogP contribution in [0.4, 0.5) is 13.2 Å². The molecule has 2 aromatic carbocycles. The van der Waals surface area contributed by atoms with Crippen molar-refractivity contribution >= 4 is 38.9 Å². The second kappa shape index (κ2) is 10.00. The molecule has 0 aliphatic rings. The van der Waals surface area contributed by atoms with Crippen molar-refractivity contribution in [3.05, 3.63) is 63.6 Å². The Bertz CT molecular complexity index is 997. The SMILES string of the molecule is CN(CCS(=O)(=O)c1cc(Cl)ccc1Cl)Cc1ccc(C(=O)NCC(F)(F)F)cc1. The number of alkyl halides is 3. The number of sulfone groups is 1. The molecule has 1 amide bonds. The van der Waals surface area contributed by atoms with Crippen LogP contribution in [0, 0.1) is 0 Å². The molecule has 30 heavy (non-hydrogen) atoms. The van der Waals surface area contributed by atoms with E-state index in [1.807, 2.05) is 0 Å². The molecule has 0 radical (unpaired) electrons. The number of nitrogens with zero attached hydrogens (tertiary/aromatic N) is 1. The maximum Gasteiger partial charge on any atom is 0.405 e. The fourth-order valence-electron chi connectivity index (χ4n) is 2.54. The van der Waals surface area contributed by atoms with Crippen LogP contribution in [0.25, 0.3) is 0 Å². The molecule has 5 nitrogen and oxygen atoms in total. The molecular weight excluding hydrogens is 464 g/mol. The van der Waals surface area contributed by atoms with Gasteiger partial charge in [-0.2, -0.15) is 13.2 Å². The van der Waals surface area contributed by atoms with Gasteiger partial charge in [-0.3, -0.25) is 4.79 Å². The van der Waals surface area contributed by atoms with Gasteiger partial charge in [0.25, 0.3) is 5.91 Å². The summed E-state index contributed by atoms with van der Waals surface area (Å²) in [5.41, 5.74) is 0.867. The minimum absolute atomic E-state index is 0.0284. The van der Waals surface area contributed by atoms with Crippen LogP contribution in [-0.4, -0.2) is 51.3 Å². The first-order valence-electron chi connectivity index (χ1n) is 8.67. The van der Waals surface area contributed by atoms with Crippen LogP contribution in [0.15, 0.2) is 47.4 Å². The van der Waals surface area contributed by atoms with E-state index in [9.17, 15) is 26.4 Å². The lowest BCUT2D eigenvalue weighted by Crippen LogP contribution is -2.33. The van der Waals surface area contributed by atoms with Crippen molar-refractivity contribution < 1.29 is 26.4 Å². The Balaban J connectivity index is 1.92. The second-order valence-corrected chi connectivity index (χ2v) is 9.55. The van der Waals surface area contributed by atoms with E-state index in [-0.39, 0.29) is 32.8 Å². The van der Waals surface area contributed by atoms with Gasteiger partial charge in [0, 0.05) is 23.7 Å². The van der Waals surface area contributed by atoms with Crippen LogP contribution >= 0.6 is 23.2 Å². The van der Waals surface area contributed by atoms with E-state index >= 15 is 0 Å². The highest BCUT2D eigenvalue weighted by Crippen LogP contribution is 2.26. The van der Waals surface area contributed by atoms with Crippen molar-refractivity contribution in [1.82, 2.24) is 10.2 Å². The average molecular weight is 483 g/mol. The Morgan fingerprint density at radius 1 is 1.10 bits per heavy atom. The van der Waals surface area contributed by atoms with E-state index in [1.165, 1.54) is 30.3 Å². The lowest BCUT2D eigenvalue weighted by atomic mass is 10.1. The molecule has 0 spiro atoms. The number of hydrogen-bond donors (Lipinski definition) is 1. The van der Waals surface area contributed by atoms with E-state index in [0.717, 1.165) is 5.56 Å². The monoisotopic (exact) mass is 482 g/mol. The molecule has 2 rings (SSSR count). The number of nitrogens with one attached hydrogen (secondary N) is 1. The first-order chi connectivity index (χ1) is 13.9. The van der Waals surface area contributed by atoms with Gasteiger partial charge in [0.1, 0.15) is 6.54 Å². The quantitative estimate of drug-likeness (QED) is 0.612. The number of benzene rings is 2. The van der Waals surface area contributed by atoms with Crippen LogP contribution in [0.2, 0.25) is 10.0 Å². The lowest BCUT2D eigenvalue weighted by molar-refractivity contribution is -0.123. The van der Waals surface area contributed by atoms with Crippen molar-refractivity contribution in [3.8, 4) is 0 Å². The van der Waals surface area contributed by atoms with Crippen molar-refractivity contribution in [3.63, 3.8) is 0 Å². The summed E-state index contributed by atoms with van der Waals surface area (Å²) in [6.07, 6.45) is -4.48. The average Bonchev–Trinajstić information content (AvgIpc) is 2.66. The number of rotatable bonds is 8. The Labute approximate surface area is 182 Å². The highest BCUT2D eigenvalue weighted by Gasteiger charge is 2.27. The molecule has 0 heterocycles. The molecule has 11 heteroatoms. The van der Waals surface area contributed by atoms with Gasteiger partial charge in [-0.1, -0.05) is 35.3 Å². The van der Waals surface area contributed by atoms with E-state index in [1.54, 1.807) is 29.4 Å². The summed E-state index contributed by atoms with van der Waals surface area (Å²) >= 11 is 11.8. The summed E-state index contributed by atoms with van der Waals surface area (Å²) in [7, 11) is -1.92. The summed E-state index contributed by atoms with van der Waals surface area (Å²) in [4.78, 5) is 13.4. The van der Waals surface area contributed by atoms with Gasteiger partial charge in [0.2, 0.25) is 0 Å². The topological polar surface area (TPSA) is 66.5 Å². The number of halogens is 5. The van der Waals surface area contributed by atoms with Gasteiger partial charge in [0.15, 0.2) is 9.84 Å². The zero-order valence-corrected chi connectivity index (χ0v) is 18.2. The summed E-state index contributed by atoms with van der Waals surface area (Å²) in [5, 5.41) is 2.17. The molecule has 0 aliphatic carbocycles. The molecule has 0 aliphatic heterocycles.